The monoisotopic (exact) mass is 922 g/mol. The Morgan fingerprint density at radius 2 is 1.03 bits per heavy atom. The average Bonchev–Trinajstić information content (AvgIpc) is 3.18. The van der Waals surface area contributed by atoms with Crippen LogP contribution in [0.5, 0.6) is 0 Å². The Kier molecular flexibility index (Phi) is 30.9. The molecule has 8 atom stereocenters. The van der Waals surface area contributed by atoms with Gasteiger partial charge < -0.3 is 44.6 Å². The molecule has 4 unspecified atom stereocenters. The first kappa shape index (κ1) is 56.3. The predicted molar refractivity (Wildman–Crippen MR) is 251 cm³/mol. The van der Waals surface area contributed by atoms with Crippen LogP contribution in [0.3, 0.4) is 0 Å². The van der Waals surface area contributed by atoms with Gasteiger partial charge in [0.2, 0.25) is 0 Å². The van der Waals surface area contributed by atoms with E-state index in [1.807, 2.05) is 0 Å². The second-order valence-corrected chi connectivity index (χ2v) is 15.5. The van der Waals surface area contributed by atoms with Crippen molar-refractivity contribution < 1.29 is 95.4 Å². The second kappa shape index (κ2) is 33.0. The third kappa shape index (κ3) is 27.2. The molecule has 0 bridgehead atoms. The lowest BCUT2D eigenvalue weighted by Gasteiger charge is -2.43. The molecular weight excluding hydrogens is 842 g/mol. The number of hydrogen-bond donors (Lipinski definition) is 7. The van der Waals surface area contributed by atoms with Gasteiger partial charge in [-0.05, 0) is 84.4 Å². The van der Waals surface area contributed by atoms with E-state index in [4.69, 9.17) is 28.3 Å². The number of phosphoric acid groups is 2. The molecule has 356 valence electrons. The van der Waals surface area contributed by atoms with Crippen molar-refractivity contribution >= 4 is 41.1 Å². The number of unbranched alkanes of at least 4 members (excludes halogenated alkanes) is 12. The lowest BCUT2D eigenvalue weighted by Crippen LogP contribution is -2.64. The Morgan fingerprint density at radius 1 is 0.600 bits per heavy atom. The fraction of sp³-hybridized carbons (Fsp3) is 0.610. The van der Waals surface area contributed by atoms with E-state index in [1.54, 1.807) is 6.92 Å². The Balaban J connectivity index is -0.000000207. The van der Waals surface area contributed by atoms with Crippen LogP contribution >= 0.6 is 29.1 Å². The highest BCUT2D eigenvalue weighted by molar-refractivity contribution is 7.59. The van der Waals surface area contributed by atoms with Crippen molar-refractivity contribution in [3.8, 4) is 82.9 Å². The van der Waals surface area contributed by atoms with Gasteiger partial charge in [0.15, 0.2) is 6.10 Å². The Labute approximate surface area is 378 Å². The lowest BCUT2D eigenvalue weighted by atomic mass is 9.85. The second-order valence-electron chi connectivity index (χ2n) is 12.9. The summed E-state index contributed by atoms with van der Waals surface area (Å²) in [5.74, 6) is 31.5. The molecule has 1 fully saturated rings. The standard InChI is InChI=1S/C41H52O16P2.H2S.13H2/c1-3-5-7-9-11-13-15-17-19-21-23-25-27-29-34(42)53-31-33(55-35(43)30-28-26-24-22-20-18-16-14-12-10-8-6-4-2)32-54-59(51,52)57-41-38(46)36(44)37(45)40(39(41)47)56-58(48,49)50;;;;;;;;;;;;;;/h33,36-41,44-47H,4,6,8,10,12,14,16,18,20,22,24,26,28,30-32H2,1-2H3,(H,51,52)(H2,48,49,50);1H2;13*1H/t33-,36-,37?,38-,39?,40+,41?;;;;;;;;;;;;;;/m1............../s1. The van der Waals surface area contributed by atoms with Crippen LogP contribution in [0.1, 0.15) is 122 Å². The van der Waals surface area contributed by atoms with E-state index in [-0.39, 0.29) is 38.5 Å². The maximum atomic E-state index is 12.9. The van der Waals surface area contributed by atoms with Crippen molar-refractivity contribution in [2.24, 2.45) is 0 Å². The van der Waals surface area contributed by atoms with Crippen LogP contribution in [0.25, 0.3) is 0 Å². The SMILES string of the molecule is CC#CC#CC#CC#CC#CC#CC#CC(=O)OC[C@H](COP(=O)(O)OC1C(O)[C@@H](OP(=O)(O)O)C(O)[C@@H](O)[C@H]1O)OC(=O)CCCCCCCCCCCCCCC.S.[HH].[HH].[HH].[HH].[HH].[HH].[HH].[HH].[HH].[HH].[HH].[HH].[HH]. The van der Waals surface area contributed by atoms with Crippen molar-refractivity contribution in [3.05, 3.63) is 0 Å². The van der Waals surface area contributed by atoms with E-state index in [0.717, 1.165) is 32.1 Å². The summed E-state index contributed by atoms with van der Waals surface area (Å²) in [7, 11) is -10.8. The van der Waals surface area contributed by atoms with Crippen molar-refractivity contribution in [2.45, 2.75) is 146 Å². The molecule has 16 nitrogen and oxygen atoms in total. The van der Waals surface area contributed by atoms with E-state index < -0.39 is 83.5 Å². The quantitative estimate of drug-likeness (QED) is 0.0201. The number of ether oxygens (including phenoxy) is 2. The summed E-state index contributed by atoms with van der Waals surface area (Å²) in [5, 5.41) is 41.0. The van der Waals surface area contributed by atoms with Gasteiger partial charge in [-0.25, -0.2) is 13.9 Å². The molecule has 0 aliphatic heterocycles. The number of esters is 2. The number of phosphoric ester groups is 2. The van der Waals surface area contributed by atoms with E-state index in [1.165, 1.54) is 44.9 Å². The largest absolute Gasteiger partial charge is 0.472 e. The van der Waals surface area contributed by atoms with Crippen LogP contribution in [0.2, 0.25) is 0 Å². The number of aliphatic hydroxyl groups is 4. The molecular formula is C41H80O16P2S. The number of rotatable bonds is 24. The highest BCUT2D eigenvalue weighted by Gasteiger charge is 2.54. The van der Waals surface area contributed by atoms with Gasteiger partial charge in [0, 0.05) is 30.9 Å². The van der Waals surface area contributed by atoms with Crippen LogP contribution < -0.4 is 0 Å². The summed E-state index contributed by atoms with van der Waals surface area (Å²) >= 11 is 0. The molecule has 0 saturated heterocycles. The van der Waals surface area contributed by atoms with Gasteiger partial charge in [-0.15, -0.1) is 0 Å². The molecule has 0 aromatic rings. The number of hydrogen-bond acceptors (Lipinski definition) is 13. The fourth-order valence-electron chi connectivity index (χ4n) is 5.26. The van der Waals surface area contributed by atoms with Crippen LogP contribution in [-0.4, -0.2) is 103 Å². The van der Waals surface area contributed by atoms with Crippen molar-refractivity contribution in [3.63, 3.8) is 0 Å². The van der Waals surface area contributed by atoms with Crippen LogP contribution in [0, 0.1) is 82.9 Å². The summed E-state index contributed by atoms with van der Waals surface area (Å²) in [6, 6.07) is 0. The molecule has 0 aromatic heterocycles. The molecule has 1 aliphatic rings. The van der Waals surface area contributed by atoms with Gasteiger partial charge in [0.05, 0.1) is 6.61 Å². The molecule has 0 amide bonds. The minimum absolute atomic E-state index is 0. The molecule has 1 rings (SSSR count). The third-order valence-electron chi connectivity index (χ3n) is 8.14. The molecule has 0 spiro atoms. The van der Waals surface area contributed by atoms with Crippen LogP contribution in [0.15, 0.2) is 0 Å². The Hall–Kier alpha value is -3.73. The van der Waals surface area contributed by atoms with E-state index >= 15 is 0 Å². The highest BCUT2D eigenvalue weighted by Crippen LogP contribution is 2.49. The van der Waals surface area contributed by atoms with Gasteiger partial charge in [-0.2, -0.15) is 13.5 Å². The normalized spacial score (nSPS) is 20.3. The summed E-state index contributed by atoms with van der Waals surface area (Å²) in [6.45, 7) is 2.15. The van der Waals surface area contributed by atoms with Gasteiger partial charge in [-0.1, -0.05) is 89.9 Å². The van der Waals surface area contributed by atoms with Gasteiger partial charge in [0.1, 0.15) is 43.2 Å². The molecule has 0 heterocycles. The average molecular weight is 923 g/mol. The van der Waals surface area contributed by atoms with E-state index in [9.17, 15) is 44.0 Å². The zero-order valence-electron chi connectivity index (χ0n) is 33.6. The first-order chi connectivity index (χ1) is 28.1. The lowest BCUT2D eigenvalue weighted by molar-refractivity contribution is -0.216. The van der Waals surface area contributed by atoms with Crippen LogP contribution in [-0.2, 0) is 41.8 Å². The maximum Gasteiger partial charge on any atom is 0.472 e. The first-order valence-corrected chi connectivity index (χ1v) is 22.0. The van der Waals surface area contributed by atoms with Crippen molar-refractivity contribution in [1.29, 1.82) is 0 Å². The molecule has 1 saturated carbocycles. The number of aliphatic hydroxyl groups excluding tert-OH is 4. The number of carbonyl (C=O) groups is 2. The third-order valence-corrected chi connectivity index (χ3v) is 9.65. The summed E-state index contributed by atoms with van der Waals surface area (Å²) < 4.78 is 48.5. The van der Waals surface area contributed by atoms with Gasteiger partial charge in [-0.3, -0.25) is 18.4 Å². The molecule has 19 heteroatoms. The smallest absolute Gasteiger partial charge is 0.456 e. The van der Waals surface area contributed by atoms with Gasteiger partial charge in [0.25, 0.3) is 0 Å². The number of carbonyl (C=O) groups excluding carboxylic acids is 2. The molecule has 60 heavy (non-hydrogen) atoms. The Bertz CT molecular complexity index is 1940. The summed E-state index contributed by atoms with van der Waals surface area (Å²) in [6.07, 6.45) is -1.12. The van der Waals surface area contributed by atoms with Crippen molar-refractivity contribution in [1.82, 2.24) is 0 Å². The summed E-state index contributed by atoms with van der Waals surface area (Å²) in [5.41, 5.74) is 0. The van der Waals surface area contributed by atoms with Crippen molar-refractivity contribution in [2.75, 3.05) is 13.2 Å². The van der Waals surface area contributed by atoms with Crippen LogP contribution in [0.4, 0.5) is 0 Å². The molecule has 0 aromatic carbocycles. The molecule has 0 radical (unpaired) electrons. The zero-order chi connectivity index (χ0) is 43.9. The highest BCUT2D eigenvalue weighted by atomic mass is 32.1. The topological polar surface area (TPSA) is 256 Å². The maximum absolute atomic E-state index is 12.9. The van der Waals surface area contributed by atoms with E-state index in [0.29, 0.717) is 6.42 Å². The molecule has 7 N–H and O–H groups in total. The minimum Gasteiger partial charge on any atom is -0.456 e. The predicted octanol–water partition coefficient (Wildman–Crippen LogP) is 5.71. The fourth-order valence-corrected chi connectivity index (χ4v) is 6.80. The zero-order valence-corrected chi connectivity index (χ0v) is 36.3. The Morgan fingerprint density at radius 3 is 1.50 bits per heavy atom. The summed E-state index contributed by atoms with van der Waals surface area (Å²) in [4.78, 5) is 53.5. The van der Waals surface area contributed by atoms with Gasteiger partial charge >= 0.3 is 27.6 Å². The molecule has 1 aliphatic carbocycles. The minimum atomic E-state index is -5.39. The first-order valence-electron chi connectivity index (χ1n) is 19.0. The van der Waals surface area contributed by atoms with E-state index in [2.05, 4.69) is 94.3 Å².